The first kappa shape index (κ1) is 17.2. The summed E-state index contributed by atoms with van der Waals surface area (Å²) in [5.41, 5.74) is 1.82. The summed E-state index contributed by atoms with van der Waals surface area (Å²) in [6.45, 7) is 3.51. The van der Waals surface area contributed by atoms with E-state index in [9.17, 15) is 4.79 Å². The van der Waals surface area contributed by atoms with Crippen LogP contribution in [-0.2, 0) is 9.53 Å². The summed E-state index contributed by atoms with van der Waals surface area (Å²) in [6, 6.07) is 15.1. The molecule has 2 aromatic rings. The lowest BCUT2D eigenvalue weighted by Crippen LogP contribution is -2.18. The van der Waals surface area contributed by atoms with Crippen LogP contribution in [0.3, 0.4) is 0 Å². The quantitative estimate of drug-likeness (QED) is 0.550. The molecular formula is C18H18BrNO3. The van der Waals surface area contributed by atoms with Gasteiger partial charge in [0.15, 0.2) is 6.61 Å². The van der Waals surface area contributed by atoms with Crippen molar-refractivity contribution < 1.29 is 14.3 Å². The molecule has 0 spiro atoms. The van der Waals surface area contributed by atoms with Crippen molar-refractivity contribution in [1.29, 1.82) is 0 Å². The molecule has 0 aliphatic rings. The minimum absolute atomic E-state index is 0.0936. The van der Waals surface area contributed by atoms with Crippen molar-refractivity contribution >= 4 is 33.8 Å². The van der Waals surface area contributed by atoms with Crippen molar-refractivity contribution in [2.75, 3.05) is 6.61 Å². The minimum Gasteiger partial charge on any atom is -0.482 e. The number of rotatable bonds is 6. The molecule has 0 heterocycles. The van der Waals surface area contributed by atoms with Crippen LogP contribution in [0.15, 0.2) is 58.0 Å². The summed E-state index contributed by atoms with van der Waals surface area (Å²) >= 11 is 3.41. The van der Waals surface area contributed by atoms with Gasteiger partial charge in [-0.2, -0.15) is 0 Å². The van der Waals surface area contributed by atoms with Gasteiger partial charge in [-0.15, -0.1) is 0 Å². The number of benzene rings is 2. The molecule has 0 fully saturated rings. The Bertz CT molecular complexity index is 681. The Morgan fingerprint density at radius 1 is 1.22 bits per heavy atom. The van der Waals surface area contributed by atoms with Crippen LogP contribution in [0.4, 0.5) is 5.69 Å². The maximum atomic E-state index is 11.4. The van der Waals surface area contributed by atoms with Crippen LogP contribution >= 0.6 is 15.9 Å². The molecule has 4 nitrogen and oxygen atoms in total. The minimum atomic E-state index is -0.375. The number of halogens is 1. The van der Waals surface area contributed by atoms with Crippen LogP contribution < -0.4 is 4.74 Å². The highest BCUT2D eigenvalue weighted by molar-refractivity contribution is 9.10. The van der Waals surface area contributed by atoms with Gasteiger partial charge in [-0.05, 0) is 61.9 Å². The lowest BCUT2D eigenvalue weighted by molar-refractivity contribution is -0.149. The SMILES string of the molecule is CC(C)OC(=O)COc1ccc(C=Nc2cccc(Br)c2)cc1. The lowest BCUT2D eigenvalue weighted by atomic mass is 10.2. The van der Waals surface area contributed by atoms with E-state index in [1.165, 1.54) is 0 Å². The molecule has 2 aromatic carbocycles. The third-order valence-corrected chi connectivity index (χ3v) is 3.27. The average Bonchev–Trinajstić information content (AvgIpc) is 2.51. The second-order valence-corrected chi connectivity index (χ2v) is 6.05. The van der Waals surface area contributed by atoms with Gasteiger partial charge >= 0.3 is 5.97 Å². The molecule has 0 saturated heterocycles. The van der Waals surface area contributed by atoms with Crippen LogP contribution in [0.1, 0.15) is 19.4 Å². The number of esters is 1. The number of hydrogen-bond donors (Lipinski definition) is 0. The van der Waals surface area contributed by atoms with E-state index in [0.29, 0.717) is 5.75 Å². The van der Waals surface area contributed by atoms with E-state index in [1.54, 1.807) is 32.2 Å². The van der Waals surface area contributed by atoms with E-state index >= 15 is 0 Å². The number of carbonyl (C=O) groups is 1. The first-order valence-corrected chi connectivity index (χ1v) is 8.04. The highest BCUT2D eigenvalue weighted by Crippen LogP contribution is 2.18. The zero-order valence-corrected chi connectivity index (χ0v) is 14.6. The van der Waals surface area contributed by atoms with Gasteiger partial charge < -0.3 is 9.47 Å². The summed E-state index contributed by atoms with van der Waals surface area (Å²) < 4.78 is 11.4. The van der Waals surface area contributed by atoms with Crippen molar-refractivity contribution in [3.8, 4) is 5.75 Å². The van der Waals surface area contributed by atoms with E-state index in [4.69, 9.17) is 9.47 Å². The average molecular weight is 376 g/mol. The first-order chi connectivity index (χ1) is 11.0. The number of carbonyl (C=O) groups excluding carboxylic acids is 1. The molecule has 0 amide bonds. The smallest absolute Gasteiger partial charge is 0.344 e. The Morgan fingerprint density at radius 3 is 2.61 bits per heavy atom. The van der Waals surface area contributed by atoms with Gasteiger partial charge in [0.1, 0.15) is 5.75 Å². The van der Waals surface area contributed by atoms with Crippen molar-refractivity contribution in [3.63, 3.8) is 0 Å². The molecule has 2 rings (SSSR count). The van der Waals surface area contributed by atoms with Crippen molar-refractivity contribution in [2.24, 2.45) is 4.99 Å². The van der Waals surface area contributed by atoms with E-state index in [-0.39, 0.29) is 18.7 Å². The molecule has 0 N–H and O–H groups in total. The second-order valence-electron chi connectivity index (χ2n) is 5.13. The van der Waals surface area contributed by atoms with E-state index < -0.39 is 0 Å². The zero-order valence-electron chi connectivity index (χ0n) is 13.0. The summed E-state index contributed by atoms with van der Waals surface area (Å²) in [5.74, 6) is 0.241. The lowest BCUT2D eigenvalue weighted by Gasteiger charge is -2.09. The van der Waals surface area contributed by atoms with Crippen molar-refractivity contribution in [2.45, 2.75) is 20.0 Å². The molecule has 5 heteroatoms. The summed E-state index contributed by atoms with van der Waals surface area (Å²) in [5, 5.41) is 0. The first-order valence-electron chi connectivity index (χ1n) is 7.25. The van der Waals surface area contributed by atoms with Crippen LogP contribution in [0.5, 0.6) is 5.75 Å². The van der Waals surface area contributed by atoms with Gasteiger partial charge in [-0.1, -0.05) is 22.0 Å². The Balaban J connectivity index is 1.90. The molecular weight excluding hydrogens is 358 g/mol. The van der Waals surface area contributed by atoms with Crippen LogP contribution in [0.2, 0.25) is 0 Å². The maximum Gasteiger partial charge on any atom is 0.344 e. The fraction of sp³-hybridized carbons (Fsp3) is 0.222. The standard InChI is InChI=1S/C18H18BrNO3/c1-13(2)23-18(21)12-22-17-8-6-14(7-9-17)11-20-16-5-3-4-15(19)10-16/h3-11,13H,12H2,1-2H3. The van der Waals surface area contributed by atoms with Crippen molar-refractivity contribution in [3.05, 3.63) is 58.6 Å². The van der Waals surface area contributed by atoms with E-state index in [2.05, 4.69) is 20.9 Å². The Labute approximate surface area is 144 Å². The Hall–Kier alpha value is -2.14. The van der Waals surface area contributed by atoms with Crippen LogP contribution in [0, 0.1) is 0 Å². The van der Waals surface area contributed by atoms with E-state index in [0.717, 1.165) is 15.7 Å². The van der Waals surface area contributed by atoms with Gasteiger partial charge in [-0.25, -0.2) is 4.79 Å². The molecule has 0 bridgehead atoms. The third kappa shape index (κ3) is 6.24. The second kappa shape index (κ2) is 8.48. The highest BCUT2D eigenvalue weighted by atomic mass is 79.9. The zero-order chi connectivity index (χ0) is 16.7. The molecule has 0 aromatic heterocycles. The predicted octanol–water partition coefficient (Wildman–Crippen LogP) is 4.53. The molecule has 23 heavy (non-hydrogen) atoms. The van der Waals surface area contributed by atoms with Gasteiger partial charge in [0.05, 0.1) is 11.8 Å². The number of nitrogens with zero attached hydrogens (tertiary/aromatic N) is 1. The predicted molar refractivity (Wildman–Crippen MR) is 94.6 cm³/mol. The summed E-state index contributed by atoms with van der Waals surface area (Å²) in [7, 11) is 0. The molecule has 0 aliphatic heterocycles. The Morgan fingerprint density at radius 2 is 1.96 bits per heavy atom. The fourth-order valence-corrected chi connectivity index (χ4v) is 2.18. The summed E-state index contributed by atoms with van der Waals surface area (Å²) in [4.78, 5) is 15.8. The monoisotopic (exact) mass is 375 g/mol. The largest absolute Gasteiger partial charge is 0.482 e. The maximum absolute atomic E-state index is 11.4. The molecule has 0 unspecified atom stereocenters. The third-order valence-electron chi connectivity index (χ3n) is 2.77. The fourth-order valence-electron chi connectivity index (χ4n) is 1.79. The van der Waals surface area contributed by atoms with Gasteiger partial charge in [0.2, 0.25) is 0 Å². The van der Waals surface area contributed by atoms with Gasteiger partial charge in [-0.3, -0.25) is 4.99 Å². The molecule has 120 valence electrons. The van der Waals surface area contributed by atoms with Crippen LogP contribution in [0.25, 0.3) is 0 Å². The van der Waals surface area contributed by atoms with E-state index in [1.807, 2.05) is 36.4 Å². The number of ether oxygens (including phenoxy) is 2. The van der Waals surface area contributed by atoms with Gasteiger partial charge in [0.25, 0.3) is 0 Å². The van der Waals surface area contributed by atoms with Crippen molar-refractivity contribution in [1.82, 2.24) is 0 Å². The highest BCUT2D eigenvalue weighted by Gasteiger charge is 2.06. The topological polar surface area (TPSA) is 47.9 Å². The normalized spacial score (nSPS) is 11.0. The Kier molecular flexibility index (Phi) is 6.35. The van der Waals surface area contributed by atoms with Gasteiger partial charge in [0, 0.05) is 10.7 Å². The summed E-state index contributed by atoms with van der Waals surface area (Å²) in [6.07, 6.45) is 1.64. The molecule has 0 saturated carbocycles. The number of aliphatic imine (C=N–C) groups is 1. The number of hydrogen-bond acceptors (Lipinski definition) is 4. The molecule has 0 atom stereocenters. The molecule has 0 radical (unpaired) electrons. The molecule has 0 aliphatic carbocycles. The van der Waals surface area contributed by atoms with Crippen LogP contribution in [-0.4, -0.2) is 24.9 Å².